The maximum Gasteiger partial charge on any atom is 0.322 e. The second kappa shape index (κ2) is 10.8. The summed E-state index contributed by atoms with van der Waals surface area (Å²) in [6.45, 7) is 4.78. The number of anilines is 1. The van der Waals surface area contributed by atoms with Gasteiger partial charge in [-0.1, -0.05) is 23.7 Å². The number of hydrazone groups is 1. The Bertz CT molecular complexity index is 1320. The third kappa shape index (κ3) is 6.21. The van der Waals surface area contributed by atoms with E-state index in [1.807, 2.05) is 6.92 Å². The van der Waals surface area contributed by atoms with E-state index in [4.69, 9.17) is 16.3 Å². The van der Waals surface area contributed by atoms with Gasteiger partial charge in [0.2, 0.25) is 5.69 Å². The zero-order valence-electron chi connectivity index (χ0n) is 19.5. The van der Waals surface area contributed by atoms with Gasteiger partial charge in [-0.3, -0.25) is 24.4 Å². The Morgan fingerprint density at radius 2 is 1.89 bits per heavy atom. The van der Waals surface area contributed by atoms with Crippen molar-refractivity contribution in [2.45, 2.75) is 20.8 Å². The van der Waals surface area contributed by atoms with E-state index in [9.17, 15) is 19.7 Å². The molecule has 0 saturated carbocycles. The average molecular weight is 499 g/mol. The number of hydrogen-bond donors (Lipinski definition) is 2. The number of nitrogens with one attached hydrogen (secondary N) is 2. The van der Waals surface area contributed by atoms with Crippen molar-refractivity contribution in [1.82, 2.24) is 15.2 Å². The summed E-state index contributed by atoms with van der Waals surface area (Å²) in [6, 6.07) is 11.9. The van der Waals surface area contributed by atoms with Crippen molar-refractivity contribution in [3.05, 3.63) is 80.1 Å². The van der Waals surface area contributed by atoms with E-state index in [1.54, 1.807) is 49.4 Å². The third-order valence-corrected chi connectivity index (χ3v) is 5.23. The quantitative estimate of drug-likeness (QED) is 0.275. The molecule has 35 heavy (non-hydrogen) atoms. The largest absolute Gasteiger partial charge is 0.483 e. The fourth-order valence-electron chi connectivity index (χ4n) is 3.28. The molecule has 0 radical (unpaired) electrons. The molecule has 0 fully saturated rings. The molecule has 182 valence electrons. The van der Waals surface area contributed by atoms with E-state index in [0.717, 1.165) is 10.2 Å². The predicted molar refractivity (Wildman–Crippen MR) is 131 cm³/mol. The van der Waals surface area contributed by atoms with Gasteiger partial charge in [-0.05, 0) is 62.2 Å². The van der Waals surface area contributed by atoms with Crippen LogP contribution in [0, 0.1) is 24.0 Å². The molecule has 0 aliphatic heterocycles. The number of halogens is 1. The van der Waals surface area contributed by atoms with Crippen molar-refractivity contribution in [2.75, 3.05) is 11.9 Å². The number of ether oxygens (including phenoxy) is 1. The first kappa shape index (κ1) is 25.4. The molecule has 1 heterocycles. The predicted octanol–water partition coefficient (Wildman–Crippen LogP) is 3.77. The summed E-state index contributed by atoms with van der Waals surface area (Å²) in [5.74, 6) is -0.517. The van der Waals surface area contributed by atoms with Gasteiger partial charge in [-0.2, -0.15) is 10.2 Å². The van der Waals surface area contributed by atoms with Crippen LogP contribution >= 0.6 is 11.6 Å². The Hall–Kier alpha value is -4.25. The number of nitrogens with zero attached hydrogens (tertiary/aromatic N) is 4. The highest BCUT2D eigenvalue weighted by Gasteiger charge is 2.29. The molecule has 2 amide bonds. The summed E-state index contributed by atoms with van der Waals surface area (Å²) < 4.78 is 6.68. The van der Waals surface area contributed by atoms with E-state index in [-0.39, 0.29) is 29.6 Å². The Kier molecular flexibility index (Phi) is 7.82. The van der Waals surface area contributed by atoms with Crippen molar-refractivity contribution >= 4 is 40.5 Å². The number of hydrogen-bond acceptors (Lipinski definition) is 7. The van der Waals surface area contributed by atoms with Crippen LogP contribution in [0.1, 0.15) is 34.2 Å². The van der Waals surface area contributed by atoms with Crippen LogP contribution in [0.4, 0.5) is 11.4 Å². The van der Waals surface area contributed by atoms with Gasteiger partial charge in [0.05, 0.1) is 10.6 Å². The molecular weight excluding hydrogens is 476 g/mol. The van der Waals surface area contributed by atoms with Crippen LogP contribution in [0.2, 0.25) is 5.02 Å². The Morgan fingerprint density at radius 3 is 2.51 bits per heavy atom. The number of carbonyl (C=O) groups is 2. The normalized spacial score (nSPS) is 11.2. The molecule has 0 saturated heterocycles. The van der Waals surface area contributed by atoms with Crippen LogP contribution in [0.3, 0.4) is 0 Å². The fourth-order valence-corrected chi connectivity index (χ4v) is 3.51. The first-order valence-corrected chi connectivity index (χ1v) is 10.8. The van der Waals surface area contributed by atoms with Crippen molar-refractivity contribution in [1.29, 1.82) is 0 Å². The van der Waals surface area contributed by atoms with Crippen LogP contribution in [0.25, 0.3) is 0 Å². The zero-order valence-corrected chi connectivity index (χ0v) is 20.2. The highest BCUT2D eigenvalue weighted by molar-refractivity contribution is 6.30. The Labute approximate surface area is 205 Å². The summed E-state index contributed by atoms with van der Waals surface area (Å²) >= 11 is 5.92. The molecule has 2 aromatic carbocycles. The summed E-state index contributed by atoms with van der Waals surface area (Å²) in [5, 5.41) is 22.5. The van der Waals surface area contributed by atoms with Crippen LogP contribution in [-0.2, 0) is 11.8 Å². The van der Waals surface area contributed by atoms with E-state index < -0.39 is 10.8 Å². The van der Waals surface area contributed by atoms with Crippen LogP contribution in [0.15, 0.2) is 47.6 Å². The lowest BCUT2D eigenvalue weighted by atomic mass is 10.1. The van der Waals surface area contributed by atoms with E-state index >= 15 is 0 Å². The fraction of sp³-hybridized carbons (Fsp3) is 0.217. The molecule has 0 aliphatic carbocycles. The molecule has 0 bridgehead atoms. The minimum atomic E-state index is -0.751. The van der Waals surface area contributed by atoms with Crippen molar-refractivity contribution in [2.24, 2.45) is 12.1 Å². The SMILES string of the molecule is CC(=NNC(=O)c1c([N+](=O)[O-])c(C)nn1C)c1ccc(NC(=O)COc2ccc(Cl)cc2C)cc1. The second-order valence-electron chi connectivity index (χ2n) is 7.63. The monoisotopic (exact) mass is 498 g/mol. The van der Waals surface area contributed by atoms with Crippen LogP contribution in [-0.4, -0.2) is 38.8 Å². The van der Waals surface area contributed by atoms with Gasteiger partial charge in [0.25, 0.3) is 11.8 Å². The molecule has 0 unspecified atom stereocenters. The van der Waals surface area contributed by atoms with Crippen molar-refractivity contribution in [3.8, 4) is 5.75 Å². The van der Waals surface area contributed by atoms with Crippen LogP contribution in [0.5, 0.6) is 5.75 Å². The van der Waals surface area contributed by atoms with E-state index in [1.165, 1.54) is 14.0 Å². The number of aryl methyl sites for hydroxylation is 3. The zero-order chi connectivity index (χ0) is 25.7. The molecule has 11 nitrogen and oxygen atoms in total. The van der Waals surface area contributed by atoms with Gasteiger partial charge in [-0.15, -0.1) is 0 Å². The summed E-state index contributed by atoms with van der Waals surface area (Å²) in [4.78, 5) is 35.3. The molecule has 1 aromatic heterocycles. The lowest BCUT2D eigenvalue weighted by Crippen LogP contribution is -2.23. The number of amides is 2. The van der Waals surface area contributed by atoms with Gasteiger partial charge in [-0.25, -0.2) is 5.43 Å². The van der Waals surface area contributed by atoms with Gasteiger partial charge >= 0.3 is 5.69 Å². The maximum absolute atomic E-state index is 12.5. The molecule has 3 aromatic rings. The molecule has 3 rings (SSSR count). The van der Waals surface area contributed by atoms with E-state index in [2.05, 4.69) is 20.9 Å². The van der Waals surface area contributed by atoms with Crippen LogP contribution < -0.4 is 15.5 Å². The summed E-state index contributed by atoms with van der Waals surface area (Å²) in [5.41, 5.74) is 4.40. The molecule has 2 N–H and O–H groups in total. The average Bonchev–Trinajstić information content (AvgIpc) is 3.11. The molecule has 0 aliphatic rings. The first-order chi connectivity index (χ1) is 16.6. The lowest BCUT2D eigenvalue weighted by Gasteiger charge is -2.10. The first-order valence-electron chi connectivity index (χ1n) is 10.4. The topological polar surface area (TPSA) is 141 Å². The summed E-state index contributed by atoms with van der Waals surface area (Å²) in [6.07, 6.45) is 0. The molecule has 0 atom stereocenters. The second-order valence-corrected chi connectivity index (χ2v) is 8.06. The Morgan fingerprint density at radius 1 is 1.20 bits per heavy atom. The van der Waals surface area contributed by atoms with Gasteiger partial charge in [0.1, 0.15) is 11.4 Å². The van der Waals surface area contributed by atoms with Gasteiger partial charge in [0.15, 0.2) is 6.61 Å². The molecule has 12 heteroatoms. The standard InChI is InChI=1S/C23H23ClN6O5/c1-13-11-17(24)7-10-19(13)35-12-20(31)25-18-8-5-16(6-9-18)14(2)26-27-23(32)22-21(30(33)34)15(3)28-29(22)4/h5-11H,12H2,1-4H3,(H,25,31)(H,27,32). The van der Waals surface area contributed by atoms with Gasteiger partial charge < -0.3 is 10.1 Å². The molecular formula is C23H23ClN6O5. The van der Waals surface area contributed by atoms with Gasteiger partial charge in [0, 0.05) is 17.8 Å². The van der Waals surface area contributed by atoms with E-state index in [0.29, 0.717) is 27.7 Å². The smallest absolute Gasteiger partial charge is 0.322 e. The highest BCUT2D eigenvalue weighted by Crippen LogP contribution is 2.23. The van der Waals surface area contributed by atoms with Crippen molar-refractivity contribution < 1.29 is 19.2 Å². The minimum Gasteiger partial charge on any atom is -0.483 e. The minimum absolute atomic E-state index is 0.134. The third-order valence-electron chi connectivity index (χ3n) is 5.00. The molecule has 0 spiro atoms. The lowest BCUT2D eigenvalue weighted by molar-refractivity contribution is -0.385. The number of aromatic nitrogens is 2. The number of carbonyl (C=O) groups excluding carboxylic acids is 2. The number of nitro groups is 1. The number of rotatable bonds is 8. The summed E-state index contributed by atoms with van der Waals surface area (Å²) in [7, 11) is 1.44. The maximum atomic E-state index is 12.5. The van der Waals surface area contributed by atoms with Crippen molar-refractivity contribution in [3.63, 3.8) is 0 Å². The Balaban J connectivity index is 1.59. The highest BCUT2D eigenvalue weighted by atomic mass is 35.5. The number of benzene rings is 2.